The van der Waals surface area contributed by atoms with E-state index in [-0.39, 0.29) is 5.91 Å². The fourth-order valence-electron chi connectivity index (χ4n) is 3.23. The van der Waals surface area contributed by atoms with Crippen molar-refractivity contribution in [3.8, 4) is 5.75 Å². The van der Waals surface area contributed by atoms with Crippen LogP contribution >= 0.6 is 0 Å². The van der Waals surface area contributed by atoms with E-state index < -0.39 is 0 Å². The van der Waals surface area contributed by atoms with E-state index in [1.54, 1.807) is 6.07 Å². The number of carbonyl (C=O) groups excluding carboxylic acids is 1. The molecule has 3 N–H and O–H groups in total. The quantitative estimate of drug-likeness (QED) is 0.769. The summed E-state index contributed by atoms with van der Waals surface area (Å²) in [5.41, 5.74) is 3.00. The second-order valence-corrected chi connectivity index (χ2v) is 6.50. The molecule has 3 rings (SSSR count). The monoisotopic (exact) mass is 340 g/mol. The topological polar surface area (TPSA) is 57.0 Å². The van der Waals surface area contributed by atoms with Gasteiger partial charge < -0.3 is 20.2 Å². The summed E-state index contributed by atoms with van der Waals surface area (Å²) in [4.78, 5) is 15.7. The first-order valence-corrected chi connectivity index (χ1v) is 8.91. The van der Waals surface area contributed by atoms with Crippen molar-refractivity contribution in [1.29, 1.82) is 0 Å². The second-order valence-electron chi connectivity index (χ2n) is 6.50. The maximum absolute atomic E-state index is 12.3. The third kappa shape index (κ3) is 4.51. The van der Waals surface area contributed by atoms with Crippen molar-refractivity contribution < 1.29 is 14.8 Å². The van der Waals surface area contributed by atoms with Gasteiger partial charge >= 0.3 is 0 Å². The lowest BCUT2D eigenvalue weighted by Crippen LogP contribution is -3.15. The second kappa shape index (κ2) is 8.03. The number of carbonyl (C=O) groups is 1. The van der Waals surface area contributed by atoms with Crippen molar-refractivity contribution in [3.63, 3.8) is 0 Å². The van der Waals surface area contributed by atoms with E-state index in [1.807, 2.05) is 42.5 Å². The third-order valence-electron chi connectivity index (χ3n) is 4.75. The van der Waals surface area contributed by atoms with Crippen molar-refractivity contribution in [2.24, 2.45) is 0 Å². The average molecular weight is 340 g/mol. The summed E-state index contributed by atoms with van der Waals surface area (Å²) in [5, 5.41) is 12.9. The summed E-state index contributed by atoms with van der Waals surface area (Å²) in [7, 11) is 0. The van der Waals surface area contributed by atoms with Gasteiger partial charge in [-0.3, -0.25) is 4.79 Å². The minimum Gasteiger partial charge on any atom is -0.506 e. The van der Waals surface area contributed by atoms with E-state index in [0.29, 0.717) is 12.3 Å². The molecule has 0 bridgehead atoms. The molecular formula is C20H26N3O2+. The molecule has 1 saturated heterocycles. The Bertz CT molecular complexity index is 707. The average Bonchev–Trinajstić information content (AvgIpc) is 2.63. The first-order chi connectivity index (χ1) is 12.2. The highest BCUT2D eigenvalue weighted by molar-refractivity contribution is 5.91. The first-order valence-electron chi connectivity index (χ1n) is 8.91. The van der Waals surface area contributed by atoms with E-state index in [9.17, 15) is 9.90 Å². The first kappa shape index (κ1) is 17.3. The molecule has 0 saturated carbocycles. The molecule has 0 aromatic heterocycles. The van der Waals surface area contributed by atoms with Gasteiger partial charge in [-0.15, -0.1) is 0 Å². The molecule has 2 aromatic carbocycles. The van der Waals surface area contributed by atoms with Gasteiger partial charge in [0.25, 0.3) is 5.91 Å². The number of piperazine rings is 1. The van der Waals surface area contributed by atoms with Gasteiger partial charge in [0.15, 0.2) is 6.54 Å². The van der Waals surface area contributed by atoms with Gasteiger partial charge in [-0.05, 0) is 36.2 Å². The molecule has 2 aromatic rings. The lowest BCUT2D eigenvalue weighted by atomic mass is 10.1. The Kier molecular flexibility index (Phi) is 5.56. The van der Waals surface area contributed by atoms with Gasteiger partial charge in [-0.1, -0.05) is 31.2 Å². The van der Waals surface area contributed by atoms with Gasteiger partial charge in [0, 0.05) is 5.69 Å². The minimum absolute atomic E-state index is 0.0512. The van der Waals surface area contributed by atoms with E-state index in [0.717, 1.165) is 44.0 Å². The van der Waals surface area contributed by atoms with Gasteiger partial charge in [0.05, 0.1) is 31.9 Å². The highest BCUT2D eigenvalue weighted by Gasteiger charge is 2.23. The number of nitrogens with zero attached hydrogens (tertiary/aromatic N) is 1. The Balaban J connectivity index is 1.48. The van der Waals surface area contributed by atoms with Gasteiger partial charge in [0.2, 0.25) is 0 Å². The maximum atomic E-state index is 12.3. The van der Waals surface area contributed by atoms with Crippen LogP contribution < -0.4 is 15.1 Å². The molecule has 132 valence electrons. The summed E-state index contributed by atoms with van der Waals surface area (Å²) in [5.74, 6) is 0.370. The van der Waals surface area contributed by atoms with Crippen molar-refractivity contribution >= 4 is 17.3 Å². The number of amides is 1. The van der Waals surface area contributed by atoms with Crippen molar-refractivity contribution in [1.82, 2.24) is 0 Å². The van der Waals surface area contributed by atoms with Crippen LogP contribution in [0.1, 0.15) is 12.5 Å². The molecule has 0 spiro atoms. The van der Waals surface area contributed by atoms with Crippen LogP contribution in [0.5, 0.6) is 5.75 Å². The number of benzene rings is 2. The minimum atomic E-state index is 0.0512. The number of nitrogens with one attached hydrogen (secondary N) is 2. The molecule has 5 heteroatoms. The fraction of sp³-hybridized carbons (Fsp3) is 0.350. The zero-order chi connectivity index (χ0) is 17.6. The summed E-state index contributed by atoms with van der Waals surface area (Å²) in [6.07, 6.45) is 1.000. The Labute approximate surface area is 148 Å². The normalized spacial score (nSPS) is 15.2. The highest BCUT2D eigenvalue weighted by atomic mass is 16.3. The molecule has 5 nitrogen and oxygen atoms in total. The molecule has 1 heterocycles. The largest absolute Gasteiger partial charge is 0.506 e. The number of aryl methyl sites for hydroxylation is 1. The van der Waals surface area contributed by atoms with E-state index in [2.05, 4.69) is 17.1 Å². The number of hydrogen-bond acceptors (Lipinski definition) is 3. The Morgan fingerprint density at radius 2 is 1.80 bits per heavy atom. The number of aromatic hydroxyl groups is 1. The number of phenols is 1. The zero-order valence-electron chi connectivity index (χ0n) is 14.7. The van der Waals surface area contributed by atoms with Crippen molar-refractivity contribution in [2.45, 2.75) is 13.3 Å². The molecule has 25 heavy (non-hydrogen) atoms. The zero-order valence-corrected chi connectivity index (χ0v) is 14.7. The molecule has 0 aliphatic carbocycles. The number of hydrogen-bond donors (Lipinski definition) is 3. The van der Waals surface area contributed by atoms with Gasteiger partial charge in [-0.2, -0.15) is 0 Å². The third-order valence-corrected chi connectivity index (χ3v) is 4.75. The molecule has 1 aliphatic rings. The number of phenolic OH excluding ortho intramolecular Hbond substituents is 1. The van der Waals surface area contributed by atoms with E-state index in [1.165, 1.54) is 10.5 Å². The summed E-state index contributed by atoms with van der Waals surface area (Å²) < 4.78 is 0. The summed E-state index contributed by atoms with van der Waals surface area (Å²) in [6.45, 7) is 6.04. The van der Waals surface area contributed by atoms with E-state index >= 15 is 0 Å². The van der Waals surface area contributed by atoms with Crippen LogP contribution in [0, 0.1) is 0 Å². The number of rotatable bonds is 5. The Morgan fingerprint density at radius 1 is 1.12 bits per heavy atom. The van der Waals surface area contributed by atoms with Crippen LogP contribution in [0.3, 0.4) is 0 Å². The fourth-order valence-corrected chi connectivity index (χ4v) is 3.23. The highest BCUT2D eigenvalue weighted by Crippen LogP contribution is 2.25. The van der Waals surface area contributed by atoms with Crippen molar-refractivity contribution in [2.75, 3.05) is 42.9 Å². The van der Waals surface area contributed by atoms with Gasteiger partial charge in [0.1, 0.15) is 5.75 Å². The van der Waals surface area contributed by atoms with Crippen LogP contribution in [0.2, 0.25) is 0 Å². The van der Waals surface area contributed by atoms with Crippen LogP contribution in [0.15, 0.2) is 48.5 Å². The summed E-state index contributed by atoms with van der Waals surface area (Å²) in [6, 6.07) is 15.4. The molecule has 0 unspecified atom stereocenters. The standard InChI is InChI=1S/C20H25N3O2/c1-2-16-7-9-17(10-8-16)21-20(25)15-22-11-13-23(14-12-22)18-5-3-4-6-19(18)24/h3-10,24H,2,11-15H2,1H3,(H,21,25)/p+1. The Hall–Kier alpha value is -2.53. The SMILES string of the molecule is CCc1ccc(NC(=O)C[NH+]2CCN(c3ccccc3O)CC2)cc1. The predicted octanol–water partition coefficient (Wildman–Crippen LogP) is 1.30. The molecule has 0 atom stereocenters. The molecule has 1 amide bonds. The van der Waals surface area contributed by atoms with Gasteiger partial charge in [-0.25, -0.2) is 0 Å². The number of para-hydroxylation sites is 2. The maximum Gasteiger partial charge on any atom is 0.279 e. The number of anilines is 2. The molecular weight excluding hydrogens is 314 g/mol. The lowest BCUT2D eigenvalue weighted by Gasteiger charge is -2.33. The molecule has 1 aliphatic heterocycles. The van der Waals surface area contributed by atoms with Crippen LogP contribution in [-0.2, 0) is 11.2 Å². The van der Waals surface area contributed by atoms with Crippen molar-refractivity contribution in [3.05, 3.63) is 54.1 Å². The number of quaternary nitrogens is 1. The van der Waals surface area contributed by atoms with Crippen LogP contribution in [0.4, 0.5) is 11.4 Å². The van der Waals surface area contributed by atoms with E-state index in [4.69, 9.17) is 0 Å². The Morgan fingerprint density at radius 3 is 2.44 bits per heavy atom. The predicted molar refractivity (Wildman–Crippen MR) is 100 cm³/mol. The smallest absolute Gasteiger partial charge is 0.279 e. The summed E-state index contributed by atoms with van der Waals surface area (Å²) >= 11 is 0. The molecule has 0 radical (unpaired) electrons. The van der Waals surface area contributed by atoms with Crippen LogP contribution in [0.25, 0.3) is 0 Å². The lowest BCUT2D eigenvalue weighted by molar-refractivity contribution is -0.892. The molecule has 1 fully saturated rings. The van der Waals surface area contributed by atoms with Crippen LogP contribution in [-0.4, -0.2) is 43.7 Å².